The van der Waals surface area contributed by atoms with E-state index in [1.54, 1.807) is 0 Å². The highest BCUT2D eigenvalue weighted by Crippen LogP contribution is 2.66. The summed E-state index contributed by atoms with van der Waals surface area (Å²) in [6, 6.07) is 0. The highest BCUT2D eigenvalue weighted by molar-refractivity contribution is 5.87. The molecule has 0 aromatic rings. The maximum Gasteiger partial charge on any atom is 0.139 e. The number of nitrogens with one attached hydrogen (secondary N) is 1. The van der Waals surface area contributed by atoms with Crippen molar-refractivity contribution in [2.45, 2.75) is 71.6 Å². The van der Waals surface area contributed by atoms with Crippen molar-refractivity contribution in [3.05, 3.63) is 24.3 Å². The zero-order valence-corrected chi connectivity index (χ0v) is 18.0. The van der Waals surface area contributed by atoms with Gasteiger partial charge in [-0.25, -0.2) is 0 Å². The fourth-order valence-electron chi connectivity index (χ4n) is 8.37. The van der Waals surface area contributed by atoms with Gasteiger partial charge in [-0.2, -0.15) is 0 Å². The van der Waals surface area contributed by atoms with Crippen LogP contribution in [0.5, 0.6) is 0 Å². The minimum Gasteiger partial charge on any atom is -0.316 e. The largest absolute Gasteiger partial charge is 0.316 e. The minimum atomic E-state index is -0.0140. The van der Waals surface area contributed by atoms with Gasteiger partial charge in [-0.1, -0.05) is 38.2 Å². The molecular formula is C26H39NO. The molecule has 2 heteroatoms. The van der Waals surface area contributed by atoms with Gasteiger partial charge in [0.05, 0.1) is 0 Å². The standard InChI is InChI=1S/C26H39NO/c1-17-14-20-21-6-7-24(28)26(21,3)12-9-22(20)25(2)11-8-18(15-23(17)25)4-5-19-10-13-27-16-19/h4-5,18-23,27H,1,6-16H2,2-3H3/t18-,19+,20+,21+,22+,23?,25-,26+/m1/s1. The highest BCUT2D eigenvalue weighted by Gasteiger charge is 2.60. The summed E-state index contributed by atoms with van der Waals surface area (Å²) in [6.07, 6.45) is 16.0. The lowest BCUT2D eigenvalue weighted by Gasteiger charge is -2.60. The Hall–Kier alpha value is -0.890. The van der Waals surface area contributed by atoms with E-state index < -0.39 is 0 Å². The molecule has 2 nitrogen and oxygen atoms in total. The second-order valence-corrected chi connectivity index (χ2v) is 11.4. The summed E-state index contributed by atoms with van der Waals surface area (Å²) in [5.74, 6) is 4.91. The Bertz CT molecular complexity index is 689. The van der Waals surface area contributed by atoms with Gasteiger partial charge in [-0.15, -0.1) is 0 Å². The lowest BCUT2D eigenvalue weighted by molar-refractivity contribution is -0.135. The molecule has 1 heterocycles. The van der Waals surface area contributed by atoms with E-state index in [0.29, 0.717) is 23.0 Å². The Morgan fingerprint density at radius 1 is 1.04 bits per heavy atom. The summed E-state index contributed by atoms with van der Waals surface area (Å²) >= 11 is 0. The lowest BCUT2D eigenvalue weighted by atomic mass is 9.44. The molecule has 154 valence electrons. The number of fused-ring (bicyclic) bond motifs is 5. The van der Waals surface area contributed by atoms with Crippen LogP contribution in [0.1, 0.15) is 71.6 Å². The Morgan fingerprint density at radius 3 is 2.64 bits per heavy atom. The van der Waals surface area contributed by atoms with Crippen molar-refractivity contribution in [1.82, 2.24) is 5.32 Å². The van der Waals surface area contributed by atoms with Gasteiger partial charge >= 0.3 is 0 Å². The molecule has 5 fully saturated rings. The summed E-state index contributed by atoms with van der Waals surface area (Å²) < 4.78 is 0. The average molecular weight is 382 g/mol. The Balaban J connectivity index is 1.34. The van der Waals surface area contributed by atoms with Gasteiger partial charge in [-0.05, 0) is 98.8 Å². The van der Waals surface area contributed by atoms with Crippen LogP contribution in [0.2, 0.25) is 0 Å². The molecule has 4 saturated carbocycles. The summed E-state index contributed by atoms with van der Waals surface area (Å²) in [4.78, 5) is 12.6. The normalized spacial score (nSPS) is 51.2. The Kier molecular flexibility index (Phi) is 4.66. The van der Waals surface area contributed by atoms with Crippen LogP contribution >= 0.6 is 0 Å². The number of carbonyl (C=O) groups is 1. The molecule has 28 heavy (non-hydrogen) atoms. The predicted octanol–water partition coefficient (Wildman–Crippen LogP) is 5.55. The van der Waals surface area contributed by atoms with Crippen LogP contribution in [0.25, 0.3) is 0 Å². The van der Waals surface area contributed by atoms with Crippen LogP contribution in [-0.4, -0.2) is 18.9 Å². The number of hydrogen-bond donors (Lipinski definition) is 1. The van der Waals surface area contributed by atoms with E-state index in [-0.39, 0.29) is 5.41 Å². The quantitative estimate of drug-likeness (QED) is 0.636. The zero-order valence-electron chi connectivity index (χ0n) is 18.0. The number of hydrogen-bond acceptors (Lipinski definition) is 2. The third-order valence-corrected chi connectivity index (χ3v) is 10.1. The van der Waals surface area contributed by atoms with E-state index in [1.807, 2.05) is 0 Å². The first-order valence-corrected chi connectivity index (χ1v) is 12.0. The molecule has 5 aliphatic rings. The molecule has 0 amide bonds. The van der Waals surface area contributed by atoms with Gasteiger partial charge in [0.1, 0.15) is 5.78 Å². The SMILES string of the molecule is C=C1C[C@@H]2[C@H](CC[C@]3(C)C(=O)CC[C@@H]23)[C@@]2(C)CC[C@@H](C=C[C@H]3CCNC3)CC12. The van der Waals surface area contributed by atoms with E-state index in [2.05, 4.69) is 37.9 Å². The molecule has 8 atom stereocenters. The first-order valence-electron chi connectivity index (χ1n) is 12.0. The molecule has 4 aliphatic carbocycles. The Labute approximate surface area is 171 Å². The van der Waals surface area contributed by atoms with Crippen LogP contribution in [0.3, 0.4) is 0 Å². The second-order valence-electron chi connectivity index (χ2n) is 11.4. The van der Waals surface area contributed by atoms with Crippen molar-refractivity contribution in [3.63, 3.8) is 0 Å². The predicted molar refractivity (Wildman–Crippen MR) is 115 cm³/mol. The topological polar surface area (TPSA) is 29.1 Å². The highest BCUT2D eigenvalue weighted by atomic mass is 16.1. The third kappa shape index (κ3) is 2.81. The molecular weight excluding hydrogens is 342 g/mol. The van der Waals surface area contributed by atoms with Crippen LogP contribution in [0.15, 0.2) is 24.3 Å². The van der Waals surface area contributed by atoms with E-state index in [1.165, 1.54) is 57.2 Å². The number of carbonyl (C=O) groups excluding carboxylic acids is 1. The second kappa shape index (κ2) is 6.83. The summed E-state index contributed by atoms with van der Waals surface area (Å²) in [5.41, 5.74) is 1.93. The lowest BCUT2D eigenvalue weighted by Crippen LogP contribution is -2.54. The fraction of sp³-hybridized carbons (Fsp3) is 0.808. The molecule has 0 spiro atoms. The number of allylic oxidation sites excluding steroid dienone is 2. The molecule has 1 N–H and O–H groups in total. The summed E-state index contributed by atoms with van der Waals surface area (Å²) in [7, 11) is 0. The van der Waals surface area contributed by atoms with E-state index in [0.717, 1.165) is 42.9 Å². The summed E-state index contributed by atoms with van der Waals surface area (Å²) in [5, 5.41) is 3.48. The first-order chi connectivity index (χ1) is 13.4. The molecule has 5 rings (SSSR count). The van der Waals surface area contributed by atoms with Gasteiger partial charge in [0.2, 0.25) is 0 Å². The molecule has 1 saturated heterocycles. The van der Waals surface area contributed by atoms with Crippen molar-refractivity contribution >= 4 is 5.78 Å². The molecule has 0 bridgehead atoms. The summed E-state index contributed by atoms with van der Waals surface area (Å²) in [6.45, 7) is 11.9. The van der Waals surface area contributed by atoms with Crippen LogP contribution in [-0.2, 0) is 4.79 Å². The van der Waals surface area contributed by atoms with Gasteiger partial charge in [-0.3, -0.25) is 4.79 Å². The van der Waals surface area contributed by atoms with Crippen molar-refractivity contribution < 1.29 is 4.79 Å². The zero-order chi connectivity index (χ0) is 19.5. The van der Waals surface area contributed by atoms with Crippen LogP contribution in [0, 0.1) is 46.3 Å². The smallest absolute Gasteiger partial charge is 0.139 e. The van der Waals surface area contributed by atoms with Gasteiger partial charge in [0.15, 0.2) is 0 Å². The van der Waals surface area contributed by atoms with Gasteiger partial charge in [0, 0.05) is 18.4 Å². The third-order valence-electron chi connectivity index (χ3n) is 10.1. The van der Waals surface area contributed by atoms with Gasteiger partial charge < -0.3 is 5.32 Å². The van der Waals surface area contributed by atoms with Crippen molar-refractivity contribution in [3.8, 4) is 0 Å². The maximum atomic E-state index is 12.6. The molecule has 0 aromatic heterocycles. The van der Waals surface area contributed by atoms with Gasteiger partial charge in [0.25, 0.3) is 0 Å². The number of ketones is 1. The van der Waals surface area contributed by atoms with E-state index in [9.17, 15) is 4.79 Å². The minimum absolute atomic E-state index is 0.0140. The van der Waals surface area contributed by atoms with Crippen LogP contribution < -0.4 is 5.32 Å². The number of rotatable bonds is 2. The first kappa shape index (κ1) is 19.1. The maximum absolute atomic E-state index is 12.6. The van der Waals surface area contributed by atoms with Crippen molar-refractivity contribution in [1.29, 1.82) is 0 Å². The monoisotopic (exact) mass is 381 g/mol. The van der Waals surface area contributed by atoms with Crippen molar-refractivity contribution in [2.24, 2.45) is 46.3 Å². The molecule has 1 aliphatic heterocycles. The fourth-order valence-corrected chi connectivity index (χ4v) is 8.37. The number of Topliss-reactive ketones (excluding diaryl/α,β-unsaturated/α-hetero) is 1. The molecule has 1 unspecified atom stereocenters. The molecule has 0 radical (unpaired) electrons. The van der Waals surface area contributed by atoms with Crippen molar-refractivity contribution in [2.75, 3.05) is 13.1 Å². The van der Waals surface area contributed by atoms with E-state index in [4.69, 9.17) is 0 Å². The average Bonchev–Trinajstić information content (AvgIpc) is 3.29. The van der Waals surface area contributed by atoms with E-state index >= 15 is 0 Å². The van der Waals surface area contributed by atoms with Crippen LogP contribution in [0.4, 0.5) is 0 Å². The molecule has 0 aromatic carbocycles. The Morgan fingerprint density at radius 2 is 1.86 bits per heavy atom.